The maximum absolute atomic E-state index is 6.91. The number of hydrogen-bond acceptors (Lipinski definition) is 2. The molecule has 0 radical (unpaired) electrons. The van der Waals surface area contributed by atoms with Crippen molar-refractivity contribution in [1.29, 1.82) is 0 Å². The molecule has 2 nitrogen and oxygen atoms in total. The monoisotopic (exact) mass is 723 g/mol. The van der Waals surface area contributed by atoms with Crippen LogP contribution in [0.25, 0.3) is 72.2 Å². The van der Waals surface area contributed by atoms with Crippen LogP contribution in [0.1, 0.15) is 60.9 Å². The fourth-order valence-electron chi connectivity index (χ4n) is 8.40. The first kappa shape index (κ1) is 35.1. The number of hydrogen-bond donors (Lipinski definition) is 1. The highest BCUT2D eigenvalue weighted by atomic mass is 16.3. The average molecular weight is 724 g/mol. The SMILES string of the molecule is C=C(CCC/C=C(/C=C(\N)c1ccc(-c2ccc3c(c2)C(C)(C)c2ccccc2-3)cc1)c1ccc(-c2ccc3oc4ccccc4c3c2)cc1)c1ccccc1. The quantitative estimate of drug-likeness (QED) is 0.113. The van der Waals surface area contributed by atoms with Crippen molar-refractivity contribution in [2.45, 2.75) is 38.5 Å². The van der Waals surface area contributed by atoms with E-state index in [-0.39, 0.29) is 5.41 Å². The van der Waals surface area contributed by atoms with Crippen molar-refractivity contribution >= 4 is 38.8 Å². The largest absolute Gasteiger partial charge is 0.456 e. The third-order valence-corrected chi connectivity index (χ3v) is 11.6. The highest BCUT2D eigenvalue weighted by Gasteiger charge is 2.35. The van der Waals surface area contributed by atoms with Crippen LogP contribution in [0.3, 0.4) is 0 Å². The Labute approximate surface area is 330 Å². The molecule has 0 atom stereocenters. The minimum atomic E-state index is -0.0347. The molecule has 1 aromatic heterocycles. The lowest BCUT2D eigenvalue weighted by molar-refractivity contribution is 0.660. The summed E-state index contributed by atoms with van der Waals surface area (Å²) in [5.74, 6) is 0. The topological polar surface area (TPSA) is 39.2 Å². The summed E-state index contributed by atoms with van der Waals surface area (Å²) in [4.78, 5) is 0. The Kier molecular flexibility index (Phi) is 9.11. The summed E-state index contributed by atoms with van der Waals surface area (Å²) >= 11 is 0. The van der Waals surface area contributed by atoms with E-state index in [1.807, 2.05) is 18.2 Å². The zero-order valence-electron chi connectivity index (χ0n) is 32.1. The molecule has 2 heteroatoms. The van der Waals surface area contributed by atoms with Gasteiger partial charge in [0.05, 0.1) is 0 Å². The standard InChI is InChI=1S/C54H45NO/c1-36(37-14-5-4-6-15-37)13-7-8-16-42(38-21-23-39(24-22-38)43-30-32-53-48(33-43)47-18-10-12-20-52(47)56-53)35-51(55)41-27-25-40(26-28-41)44-29-31-46-45-17-9-11-19-49(45)54(2,3)50(46)34-44/h4-6,9-12,14-35H,1,7-8,13,55H2,2-3H3/b42-16-,51-35-. The van der Waals surface area contributed by atoms with E-state index in [4.69, 9.17) is 10.2 Å². The molecule has 0 spiro atoms. The van der Waals surface area contributed by atoms with Crippen molar-refractivity contribution in [1.82, 2.24) is 0 Å². The van der Waals surface area contributed by atoms with Gasteiger partial charge >= 0.3 is 0 Å². The Morgan fingerprint density at radius 3 is 1.96 bits per heavy atom. The van der Waals surface area contributed by atoms with Crippen LogP contribution in [0.15, 0.2) is 187 Å². The normalized spacial score (nSPS) is 13.5. The summed E-state index contributed by atoms with van der Waals surface area (Å²) in [5.41, 5.74) is 25.2. The van der Waals surface area contributed by atoms with E-state index in [1.54, 1.807) is 0 Å². The minimum absolute atomic E-state index is 0.0347. The van der Waals surface area contributed by atoms with Crippen LogP contribution < -0.4 is 5.73 Å². The number of benzene rings is 7. The molecule has 1 aliphatic rings. The van der Waals surface area contributed by atoms with Gasteiger partial charge in [-0.2, -0.15) is 0 Å². The minimum Gasteiger partial charge on any atom is -0.456 e. The molecule has 0 bridgehead atoms. The highest BCUT2D eigenvalue weighted by molar-refractivity contribution is 6.06. The third-order valence-electron chi connectivity index (χ3n) is 11.6. The summed E-state index contributed by atoms with van der Waals surface area (Å²) in [6.07, 6.45) is 7.30. The van der Waals surface area contributed by atoms with Crippen LogP contribution in [0.4, 0.5) is 0 Å². The van der Waals surface area contributed by atoms with Crippen molar-refractivity contribution in [3.63, 3.8) is 0 Å². The Morgan fingerprint density at radius 2 is 1.18 bits per heavy atom. The predicted octanol–water partition coefficient (Wildman–Crippen LogP) is 14.5. The van der Waals surface area contributed by atoms with Gasteiger partial charge in [0.25, 0.3) is 0 Å². The molecule has 9 rings (SSSR count). The summed E-state index contributed by atoms with van der Waals surface area (Å²) in [5, 5.41) is 2.27. The fourth-order valence-corrected chi connectivity index (χ4v) is 8.40. The van der Waals surface area contributed by atoms with Crippen LogP contribution in [0.5, 0.6) is 0 Å². The molecule has 0 unspecified atom stereocenters. The van der Waals surface area contributed by atoms with Crippen LogP contribution in [0, 0.1) is 0 Å². The maximum Gasteiger partial charge on any atom is 0.135 e. The van der Waals surface area contributed by atoms with Crippen molar-refractivity contribution in [3.05, 3.63) is 210 Å². The van der Waals surface area contributed by atoms with Gasteiger partial charge in [-0.25, -0.2) is 0 Å². The lowest BCUT2D eigenvalue weighted by Gasteiger charge is -2.22. The first-order valence-corrected chi connectivity index (χ1v) is 19.6. The van der Waals surface area contributed by atoms with Crippen LogP contribution in [-0.4, -0.2) is 0 Å². The average Bonchev–Trinajstić information content (AvgIpc) is 3.73. The molecule has 2 N–H and O–H groups in total. The lowest BCUT2D eigenvalue weighted by Crippen LogP contribution is -2.14. The molecule has 0 aliphatic heterocycles. The van der Waals surface area contributed by atoms with Gasteiger partial charge in [0.2, 0.25) is 0 Å². The van der Waals surface area contributed by atoms with Gasteiger partial charge in [-0.05, 0) is 122 Å². The number of fused-ring (bicyclic) bond motifs is 6. The third kappa shape index (κ3) is 6.58. The van der Waals surface area contributed by atoms with E-state index in [0.29, 0.717) is 0 Å². The zero-order valence-corrected chi connectivity index (χ0v) is 32.1. The summed E-state index contributed by atoms with van der Waals surface area (Å²) in [6, 6.07) is 58.4. The van der Waals surface area contributed by atoms with E-state index in [1.165, 1.54) is 44.5 Å². The molecule has 8 aromatic rings. The molecular formula is C54H45NO. The number of nitrogens with two attached hydrogens (primary N) is 1. The van der Waals surface area contributed by atoms with Crippen molar-refractivity contribution in [3.8, 4) is 33.4 Å². The highest BCUT2D eigenvalue weighted by Crippen LogP contribution is 2.49. The lowest BCUT2D eigenvalue weighted by atomic mass is 9.81. The first-order chi connectivity index (χ1) is 27.3. The second-order valence-electron chi connectivity index (χ2n) is 15.5. The first-order valence-electron chi connectivity index (χ1n) is 19.6. The Bertz CT molecular complexity index is 2790. The van der Waals surface area contributed by atoms with Crippen LogP contribution >= 0.6 is 0 Å². The number of para-hydroxylation sites is 1. The molecule has 56 heavy (non-hydrogen) atoms. The summed E-state index contributed by atoms with van der Waals surface area (Å²) in [7, 11) is 0. The molecule has 0 saturated carbocycles. The molecule has 272 valence electrons. The molecule has 0 fully saturated rings. The van der Waals surface area contributed by atoms with Crippen molar-refractivity contribution in [2.75, 3.05) is 0 Å². The van der Waals surface area contributed by atoms with Gasteiger partial charge in [-0.1, -0.05) is 166 Å². The molecule has 1 heterocycles. The zero-order chi connectivity index (χ0) is 38.2. The van der Waals surface area contributed by atoms with E-state index in [9.17, 15) is 0 Å². The van der Waals surface area contributed by atoms with Gasteiger partial charge in [-0.15, -0.1) is 0 Å². The van der Waals surface area contributed by atoms with E-state index in [2.05, 4.69) is 178 Å². The fraction of sp³-hybridized carbons (Fsp3) is 0.111. The molecular weight excluding hydrogens is 679 g/mol. The van der Waals surface area contributed by atoms with E-state index >= 15 is 0 Å². The smallest absolute Gasteiger partial charge is 0.135 e. The predicted molar refractivity (Wildman–Crippen MR) is 238 cm³/mol. The molecule has 7 aromatic carbocycles. The van der Waals surface area contributed by atoms with Crippen molar-refractivity contribution < 1.29 is 4.42 Å². The Morgan fingerprint density at radius 1 is 0.571 bits per heavy atom. The summed E-state index contributed by atoms with van der Waals surface area (Å²) in [6.45, 7) is 9.02. The molecule has 1 aliphatic carbocycles. The van der Waals surface area contributed by atoms with Gasteiger partial charge in [0.15, 0.2) is 0 Å². The molecule has 0 amide bonds. The van der Waals surface area contributed by atoms with E-state index in [0.717, 1.165) is 74.7 Å². The number of unbranched alkanes of at least 4 members (excludes halogenated alkanes) is 1. The molecule has 0 saturated heterocycles. The van der Waals surface area contributed by atoms with Crippen molar-refractivity contribution in [2.24, 2.45) is 5.73 Å². The van der Waals surface area contributed by atoms with Gasteiger partial charge in [0.1, 0.15) is 11.2 Å². The Hall–Kier alpha value is -6.64. The maximum atomic E-state index is 6.91. The number of rotatable bonds is 10. The van der Waals surface area contributed by atoms with Gasteiger partial charge in [-0.3, -0.25) is 0 Å². The Balaban J connectivity index is 0.986. The van der Waals surface area contributed by atoms with Crippen LogP contribution in [0.2, 0.25) is 0 Å². The second kappa shape index (κ2) is 14.5. The van der Waals surface area contributed by atoms with Gasteiger partial charge < -0.3 is 10.2 Å². The van der Waals surface area contributed by atoms with Gasteiger partial charge in [0, 0.05) is 21.9 Å². The number of furan rings is 1. The second-order valence-corrected chi connectivity index (χ2v) is 15.5. The number of allylic oxidation sites excluding steroid dienone is 4. The summed E-state index contributed by atoms with van der Waals surface area (Å²) < 4.78 is 6.09. The van der Waals surface area contributed by atoms with Crippen LogP contribution in [-0.2, 0) is 5.41 Å². The van der Waals surface area contributed by atoms with E-state index < -0.39 is 0 Å².